The minimum atomic E-state index is -0.681. The van der Waals surface area contributed by atoms with Gasteiger partial charge in [0.1, 0.15) is 17.8 Å². The molecule has 2 unspecified atom stereocenters. The summed E-state index contributed by atoms with van der Waals surface area (Å²) in [6, 6.07) is 5.58. The van der Waals surface area contributed by atoms with E-state index in [2.05, 4.69) is 10.2 Å². The molecule has 1 N–H and O–H groups in total. The molecule has 0 bridgehead atoms. The zero-order valence-corrected chi connectivity index (χ0v) is 17.3. The Labute approximate surface area is 170 Å². The molecule has 2 heterocycles. The summed E-state index contributed by atoms with van der Waals surface area (Å²) in [5, 5.41) is 3.38. The van der Waals surface area contributed by atoms with Crippen molar-refractivity contribution in [2.45, 2.75) is 45.1 Å². The normalized spacial score (nSPS) is 23.4. The number of ether oxygens (including phenoxy) is 1. The highest BCUT2D eigenvalue weighted by Crippen LogP contribution is 2.38. The Kier molecular flexibility index (Phi) is 5.98. The summed E-state index contributed by atoms with van der Waals surface area (Å²) in [7, 11) is 0. The van der Waals surface area contributed by atoms with Crippen molar-refractivity contribution in [1.29, 1.82) is 0 Å². The van der Waals surface area contributed by atoms with E-state index in [1.54, 1.807) is 6.07 Å². The summed E-state index contributed by atoms with van der Waals surface area (Å²) in [5.74, 6) is -1.38. The maximum Gasteiger partial charge on any atom is 0.309 e. The molecule has 1 amide bonds. The zero-order valence-electron chi connectivity index (χ0n) is 16.5. The van der Waals surface area contributed by atoms with Gasteiger partial charge in [-0.05, 0) is 51.3 Å². The minimum absolute atomic E-state index is 0.115. The molecule has 2 fully saturated rings. The van der Waals surface area contributed by atoms with Crippen molar-refractivity contribution in [3.8, 4) is 0 Å². The molecule has 2 saturated heterocycles. The van der Waals surface area contributed by atoms with E-state index in [1.165, 1.54) is 0 Å². The number of nitrogens with one attached hydrogen (secondary N) is 1. The number of benzene rings is 1. The van der Waals surface area contributed by atoms with E-state index < -0.39 is 11.5 Å². The van der Waals surface area contributed by atoms with Crippen LogP contribution >= 0.6 is 11.6 Å². The lowest BCUT2D eigenvalue weighted by atomic mass is 9.87. The summed E-state index contributed by atoms with van der Waals surface area (Å²) in [6.07, 6.45) is 2.11. The first-order valence-electron chi connectivity index (χ1n) is 9.70. The molecular formula is C21H27ClN2O4. The van der Waals surface area contributed by atoms with Crippen LogP contribution in [0.5, 0.6) is 0 Å². The third kappa shape index (κ3) is 4.49. The SMILES string of the molecule is CC(C)(C)OC(=O)C1CCN(c2cc(Cl)ccc2C2CNC(=O)C2C=O)CC1. The summed E-state index contributed by atoms with van der Waals surface area (Å²) >= 11 is 6.24. The molecule has 0 saturated carbocycles. The molecule has 3 rings (SSSR count). The van der Waals surface area contributed by atoms with Crippen LogP contribution in [0.2, 0.25) is 5.02 Å². The lowest BCUT2D eigenvalue weighted by Crippen LogP contribution is -2.39. The van der Waals surface area contributed by atoms with Gasteiger partial charge in [-0.15, -0.1) is 0 Å². The Morgan fingerprint density at radius 2 is 1.96 bits per heavy atom. The molecule has 28 heavy (non-hydrogen) atoms. The van der Waals surface area contributed by atoms with Gasteiger partial charge in [0.25, 0.3) is 0 Å². The van der Waals surface area contributed by atoms with Gasteiger partial charge in [-0.3, -0.25) is 9.59 Å². The van der Waals surface area contributed by atoms with Gasteiger partial charge in [-0.2, -0.15) is 0 Å². The van der Waals surface area contributed by atoms with Gasteiger partial charge >= 0.3 is 5.97 Å². The van der Waals surface area contributed by atoms with Crippen LogP contribution in [-0.2, 0) is 19.1 Å². The predicted molar refractivity (Wildman–Crippen MR) is 108 cm³/mol. The summed E-state index contributed by atoms with van der Waals surface area (Å²) in [6.45, 7) is 7.44. The molecule has 0 spiro atoms. The average Bonchev–Trinajstić information content (AvgIpc) is 3.00. The fraction of sp³-hybridized carbons (Fsp3) is 0.571. The molecule has 152 valence electrons. The number of aldehydes is 1. The van der Waals surface area contributed by atoms with Gasteiger partial charge < -0.3 is 19.7 Å². The van der Waals surface area contributed by atoms with Gasteiger partial charge in [0.15, 0.2) is 0 Å². The van der Waals surface area contributed by atoms with Crippen molar-refractivity contribution in [3.05, 3.63) is 28.8 Å². The number of rotatable bonds is 4. The van der Waals surface area contributed by atoms with Crippen LogP contribution in [0.1, 0.15) is 45.1 Å². The van der Waals surface area contributed by atoms with Crippen LogP contribution in [0.15, 0.2) is 18.2 Å². The van der Waals surface area contributed by atoms with Crippen molar-refractivity contribution in [3.63, 3.8) is 0 Å². The Hall–Kier alpha value is -2.08. The van der Waals surface area contributed by atoms with Crippen molar-refractivity contribution in [2.24, 2.45) is 11.8 Å². The molecule has 0 aliphatic carbocycles. The number of anilines is 1. The molecule has 1 aromatic rings. The Balaban J connectivity index is 1.76. The summed E-state index contributed by atoms with van der Waals surface area (Å²) < 4.78 is 5.52. The molecule has 1 aromatic carbocycles. The van der Waals surface area contributed by atoms with Crippen molar-refractivity contribution in [1.82, 2.24) is 5.32 Å². The van der Waals surface area contributed by atoms with Gasteiger partial charge in [0.2, 0.25) is 5.91 Å². The molecule has 2 aliphatic heterocycles. The first kappa shape index (κ1) is 20.6. The van der Waals surface area contributed by atoms with E-state index in [0.29, 0.717) is 37.5 Å². The van der Waals surface area contributed by atoms with Crippen LogP contribution in [0.25, 0.3) is 0 Å². The topological polar surface area (TPSA) is 75.7 Å². The fourth-order valence-electron chi connectivity index (χ4n) is 3.94. The first-order chi connectivity index (χ1) is 13.2. The van der Waals surface area contributed by atoms with E-state index in [0.717, 1.165) is 17.5 Å². The largest absolute Gasteiger partial charge is 0.460 e. The smallest absolute Gasteiger partial charge is 0.309 e. The number of carbonyl (C=O) groups excluding carboxylic acids is 3. The second-order valence-electron chi connectivity index (χ2n) is 8.51. The van der Waals surface area contributed by atoms with E-state index in [4.69, 9.17) is 16.3 Å². The number of amides is 1. The summed E-state index contributed by atoms with van der Waals surface area (Å²) in [4.78, 5) is 37.9. The predicted octanol–water partition coefficient (Wildman–Crippen LogP) is 2.93. The first-order valence-corrected chi connectivity index (χ1v) is 10.1. The Morgan fingerprint density at radius 1 is 1.29 bits per heavy atom. The quantitative estimate of drug-likeness (QED) is 0.472. The monoisotopic (exact) mass is 406 g/mol. The number of nitrogens with zero attached hydrogens (tertiary/aromatic N) is 1. The fourth-order valence-corrected chi connectivity index (χ4v) is 4.11. The number of piperidine rings is 1. The minimum Gasteiger partial charge on any atom is -0.460 e. The molecular weight excluding hydrogens is 380 g/mol. The second kappa shape index (κ2) is 8.11. The lowest BCUT2D eigenvalue weighted by molar-refractivity contribution is -0.160. The van der Waals surface area contributed by atoms with Crippen molar-refractivity contribution in [2.75, 3.05) is 24.5 Å². The number of halogens is 1. The molecule has 0 aromatic heterocycles. The lowest BCUT2D eigenvalue weighted by Gasteiger charge is -2.35. The zero-order chi connectivity index (χ0) is 20.5. The highest BCUT2D eigenvalue weighted by Gasteiger charge is 2.38. The number of carbonyl (C=O) groups is 3. The van der Waals surface area contributed by atoms with Crippen molar-refractivity contribution >= 4 is 35.5 Å². The number of hydrogen-bond acceptors (Lipinski definition) is 5. The van der Waals surface area contributed by atoms with Crippen molar-refractivity contribution < 1.29 is 19.1 Å². The molecule has 2 atom stereocenters. The molecule has 6 nitrogen and oxygen atoms in total. The van der Waals surface area contributed by atoms with Gasteiger partial charge in [0.05, 0.1) is 5.92 Å². The van der Waals surface area contributed by atoms with Gasteiger partial charge in [-0.1, -0.05) is 17.7 Å². The van der Waals surface area contributed by atoms with Gasteiger partial charge in [0, 0.05) is 36.3 Å². The number of hydrogen-bond donors (Lipinski definition) is 1. The van der Waals surface area contributed by atoms with E-state index in [-0.39, 0.29) is 23.7 Å². The maximum atomic E-state index is 12.4. The van der Waals surface area contributed by atoms with Crippen LogP contribution in [0.4, 0.5) is 5.69 Å². The second-order valence-corrected chi connectivity index (χ2v) is 8.95. The Morgan fingerprint density at radius 3 is 2.57 bits per heavy atom. The molecule has 0 radical (unpaired) electrons. The standard InChI is InChI=1S/C21H27ClN2O4/c1-21(2,3)28-20(27)13-6-8-24(9-7-13)18-10-14(22)4-5-15(18)16-11-23-19(26)17(16)12-25/h4-5,10,12-13,16-17H,6-9,11H2,1-3H3,(H,23,26). The maximum absolute atomic E-state index is 12.4. The third-order valence-corrected chi connectivity index (χ3v) is 5.58. The van der Waals surface area contributed by atoms with E-state index in [1.807, 2.05) is 32.9 Å². The molecule has 7 heteroatoms. The highest BCUT2D eigenvalue weighted by atomic mass is 35.5. The van der Waals surface area contributed by atoms with Crippen LogP contribution in [0.3, 0.4) is 0 Å². The van der Waals surface area contributed by atoms with Crippen LogP contribution < -0.4 is 10.2 Å². The number of esters is 1. The molecule has 2 aliphatic rings. The summed E-state index contributed by atoms with van der Waals surface area (Å²) in [5.41, 5.74) is 1.39. The third-order valence-electron chi connectivity index (χ3n) is 5.35. The van der Waals surface area contributed by atoms with Gasteiger partial charge in [-0.25, -0.2) is 0 Å². The van der Waals surface area contributed by atoms with E-state index >= 15 is 0 Å². The van der Waals surface area contributed by atoms with Crippen LogP contribution in [-0.4, -0.2) is 43.4 Å². The average molecular weight is 407 g/mol. The van der Waals surface area contributed by atoms with Crippen LogP contribution in [0, 0.1) is 11.8 Å². The Bertz CT molecular complexity index is 766. The van der Waals surface area contributed by atoms with E-state index in [9.17, 15) is 14.4 Å². The highest BCUT2D eigenvalue weighted by molar-refractivity contribution is 6.30.